The fraction of sp³-hybridized carbons (Fsp3) is 0.263. The number of halogens is 1. The number of carbonyl (C=O) groups is 1. The van der Waals surface area contributed by atoms with Crippen molar-refractivity contribution in [2.75, 3.05) is 32.1 Å². The lowest BCUT2D eigenvalue weighted by atomic mass is 10.2. The third-order valence-corrected chi connectivity index (χ3v) is 4.99. The van der Waals surface area contributed by atoms with E-state index < -0.39 is 5.82 Å². The Hall–Kier alpha value is -2.31. The molecule has 3 rings (SSSR count). The first kappa shape index (κ1) is 17.5. The van der Waals surface area contributed by atoms with Gasteiger partial charge in [0.1, 0.15) is 5.82 Å². The van der Waals surface area contributed by atoms with Crippen LogP contribution in [-0.4, -0.2) is 38.1 Å². The highest BCUT2D eigenvalue weighted by Gasteiger charge is 2.24. The van der Waals surface area contributed by atoms with Gasteiger partial charge in [0.25, 0.3) is 5.91 Å². The molecule has 0 aliphatic carbocycles. The van der Waals surface area contributed by atoms with Crippen molar-refractivity contribution in [3.8, 4) is 0 Å². The second-order valence-corrected chi connectivity index (χ2v) is 7.37. The predicted molar refractivity (Wildman–Crippen MR) is 100 cm³/mol. The lowest BCUT2D eigenvalue weighted by molar-refractivity contribution is -0.856. The van der Waals surface area contributed by atoms with Gasteiger partial charge in [-0.25, -0.2) is 9.37 Å². The maximum atomic E-state index is 14.1. The minimum Gasteiger partial charge on any atom is -0.338 e. The largest absolute Gasteiger partial charge is 0.338 e. The van der Waals surface area contributed by atoms with Gasteiger partial charge in [-0.2, -0.15) is 0 Å². The van der Waals surface area contributed by atoms with Gasteiger partial charge in [-0.1, -0.05) is 29.5 Å². The van der Waals surface area contributed by atoms with Gasteiger partial charge in [-0.15, -0.1) is 0 Å². The predicted octanol–water partition coefficient (Wildman–Crippen LogP) is 2.54. The summed E-state index contributed by atoms with van der Waals surface area (Å²) < 4.78 is 15.1. The number of fused-ring (bicyclic) bond motifs is 1. The standard InChI is InChI=1S/C19H20FN3OS/c1-13-8-9-16-17(12-13)25-19(21-16)23(11-10-22(2)3)18(24)14-6-4-5-7-15(14)20/h4-9,12H,10-11H2,1-3H3/p+1. The van der Waals surface area contributed by atoms with E-state index in [0.717, 1.165) is 22.3 Å². The Labute approximate surface area is 150 Å². The minimum atomic E-state index is -0.508. The number of amides is 1. The second kappa shape index (κ2) is 7.29. The molecular weight excluding hydrogens is 337 g/mol. The first-order valence-corrected chi connectivity index (χ1v) is 9.00. The van der Waals surface area contributed by atoms with Crippen LogP contribution in [0.4, 0.5) is 9.52 Å². The van der Waals surface area contributed by atoms with E-state index in [4.69, 9.17) is 0 Å². The number of quaternary nitrogens is 1. The number of thiazole rings is 1. The van der Waals surface area contributed by atoms with Crippen molar-refractivity contribution in [3.05, 3.63) is 59.4 Å². The minimum absolute atomic E-state index is 0.0756. The van der Waals surface area contributed by atoms with Crippen LogP contribution >= 0.6 is 11.3 Å². The van der Waals surface area contributed by atoms with Crippen LogP contribution in [0.25, 0.3) is 10.2 Å². The first-order valence-electron chi connectivity index (χ1n) is 8.18. The molecular formula is C19H21FN3OS+. The third-order valence-electron chi connectivity index (χ3n) is 3.95. The molecule has 0 aliphatic rings. The smallest absolute Gasteiger partial charge is 0.263 e. The van der Waals surface area contributed by atoms with Crippen LogP contribution < -0.4 is 9.80 Å². The second-order valence-electron chi connectivity index (χ2n) is 6.36. The number of likely N-dealkylation sites (N-methyl/N-ethyl adjacent to an activating group) is 1. The SMILES string of the molecule is Cc1ccc2nc(N(CC[NH+](C)C)C(=O)c3ccccc3F)sc2c1. The number of hydrogen-bond donors (Lipinski definition) is 1. The highest BCUT2D eigenvalue weighted by Crippen LogP contribution is 2.30. The molecule has 1 heterocycles. The third kappa shape index (κ3) is 3.86. The van der Waals surface area contributed by atoms with E-state index in [2.05, 4.69) is 11.1 Å². The lowest BCUT2D eigenvalue weighted by Gasteiger charge is -2.20. The van der Waals surface area contributed by atoms with Crippen LogP contribution in [0.15, 0.2) is 42.5 Å². The quantitative estimate of drug-likeness (QED) is 0.761. The Morgan fingerprint density at radius 3 is 2.72 bits per heavy atom. The Morgan fingerprint density at radius 1 is 1.24 bits per heavy atom. The molecule has 25 heavy (non-hydrogen) atoms. The Bertz CT molecular complexity index is 907. The van der Waals surface area contributed by atoms with Crippen molar-refractivity contribution < 1.29 is 14.1 Å². The number of aryl methyl sites for hydroxylation is 1. The summed E-state index contributed by atoms with van der Waals surface area (Å²) in [6.45, 7) is 3.25. The zero-order valence-electron chi connectivity index (χ0n) is 14.5. The molecule has 2 aromatic carbocycles. The molecule has 0 saturated carbocycles. The molecule has 3 aromatic rings. The Balaban J connectivity index is 2.01. The molecule has 0 unspecified atom stereocenters. The summed E-state index contributed by atoms with van der Waals surface area (Å²) in [5.74, 6) is -0.859. The molecule has 130 valence electrons. The topological polar surface area (TPSA) is 37.6 Å². The average Bonchev–Trinajstić information content (AvgIpc) is 2.97. The van der Waals surface area contributed by atoms with Crippen molar-refractivity contribution in [1.82, 2.24) is 4.98 Å². The molecule has 0 radical (unpaired) electrons. The number of nitrogens with one attached hydrogen (secondary N) is 1. The Kier molecular flexibility index (Phi) is 5.11. The highest BCUT2D eigenvalue weighted by molar-refractivity contribution is 7.22. The summed E-state index contributed by atoms with van der Waals surface area (Å²) in [7, 11) is 4.04. The lowest BCUT2D eigenvalue weighted by Crippen LogP contribution is -3.06. The van der Waals surface area contributed by atoms with Crippen molar-refractivity contribution >= 4 is 32.6 Å². The van der Waals surface area contributed by atoms with Gasteiger partial charge >= 0.3 is 0 Å². The number of benzene rings is 2. The van der Waals surface area contributed by atoms with Crippen LogP contribution in [0.2, 0.25) is 0 Å². The number of hydrogen-bond acceptors (Lipinski definition) is 3. The molecule has 1 N–H and O–H groups in total. The van der Waals surface area contributed by atoms with Gasteiger partial charge in [-0.05, 0) is 36.8 Å². The summed E-state index contributed by atoms with van der Waals surface area (Å²) in [5.41, 5.74) is 2.08. The molecule has 0 saturated heterocycles. The van der Waals surface area contributed by atoms with E-state index in [1.807, 2.05) is 33.2 Å². The number of nitrogens with zero attached hydrogens (tertiary/aromatic N) is 2. The zero-order chi connectivity index (χ0) is 18.0. The molecule has 6 heteroatoms. The normalized spacial score (nSPS) is 11.2. The average molecular weight is 358 g/mol. The summed E-state index contributed by atoms with van der Waals surface area (Å²) in [5, 5.41) is 0.607. The summed E-state index contributed by atoms with van der Waals surface area (Å²) >= 11 is 1.46. The molecule has 0 fully saturated rings. The Morgan fingerprint density at radius 2 is 2.00 bits per heavy atom. The van der Waals surface area contributed by atoms with Crippen LogP contribution in [-0.2, 0) is 0 Å². The van der Waals surface area contributed by atoms with Crippen molar-refractivity contribution in [3.63, 3.8) is 0 Å². The van der Waals surface area contributed by atoms with Crippen LogP contribution in [0, 0.1) is 12.7 Å². The van der Waals surface area contributed by atoms with E-state index >= 15 is 0 Å². The van der Waals surface area contributed by atoms with Gasteiger partial charge in [0.05, 0.1) is 43.0 Å². The summed E-state index contributed by atoms with van der Waals surface area (Å²) in [4.78, 5) is 20.4. The molecule has 0 atom stereocenters. The van der Waals surface area contributed by atoms with Gasteiger partial charge in [-0.3, -0.25) is 9.69 Å². The molecule has 1 aromatic heterocycles. The molecule has 1 amide bonds. The van der Waals surface area contributed by atoms with Crippen molar-refractivity contribution in [2.45, 2.75) is 6.92 Å². The monoisotopic (exact) mass is 358 g/mol. The van der Waals surface area contributed by atoms with E-state index in [0.29, 0.717) is 11.7 Å². The van der Waals surface area contributed by atoms with Crippen LogP contribution in [0.5, 0.6) is 0 Å². The number of anilines is 1. The van der Waals surface area contributed by atoms with Crippen molar-refractivity contribution in [2.24, 2.45) is 0 Å². The van der Waals surface area contributed by atoms with Crippen LogP contribution in [0.1, 0.15) is 15.9 Å². The molecule has 0 spiro atoms. The fourth-order valence-corrected chi connectivity index (χ4v) is 3.62. The molecule has 4 nitrogen and oxygen atoms in total. The zero-order valence-corrected chi connectivity index (χ0v) is 15.4. The first-order chi connectivity index (χ1) is 12.0. The van der Waals surface area contributed by atoms with E-state index in [9.17, 15) is 9.18 Å². The van der Waals surface area contributed by atoms with Gasteiger partial charge < -0.3 is 4.90 Å². The number of aromatic nitrogens is 1. The van der Waals surface area contributed by atoms with E-state index in [-0.39, 0.29) is 11.5 Å². The highest BCUT2D eigenvalue weighted by atomic mass is 32.1. The number of rotatable bonds is 5. The van der Waals surface area contributed by atoms with Gasteiger partial charge in [0.2, 0.25) is 0 Å². The molecule has 0 aliphatic heterocycles. The summed E-state index contributed by atoms with van der Waals surface area (Å²) in [6, 6.07) is 12.1. The number of carbonyl (C=O) groups excluding carboxylic acids is 1. The summed E-state index contributed by atoms with van der Waals surface area (Å²) in [6.07, 6.45) is 0. The van der Waals surface area contributed by atoms with Crippen molar-refractivity contribution in [1.29, 1.82) is 0 Å². The van der Waals surface area contributed by atoms with E-state index in [1.165, 1.54) is 28.4 Å². The van der Waals surface area contributed by atoms with E-state index in [1.54, 1.807) is 17.0 Å². The maximum Gasteiger partial charge on any atom is 0.263 e. The van der Waals surface area contributed by atoms with Crippen LogP contribution in [0.3, 0.4) is 0 Å². The fourth-order valence-electron chi connectivity index (χ4n) is 2.53. The van der Waals surface area contributed by atoms with Gasteiger partial charge in [0.15, 0.2) is 5.13 Å². The molecule has 0 bridgehead atoms. The maximum absolute atomic E-state index is 14.1. The van der Waals surface area contributed by atoms with Gasteiger partial charge in [0, 0.05) is 0 Å².